The Hall–Kier alpha value is -2.65. The molecular weight excluding hydrogens is 372 g/mol. The van der Waals surface area contributed by atoms with Gasteiger partial charge in [-0.2, -0.15) is 4.31 Å². The Labute approximate surface area is 156 Å². The number of nitrogens with one attached hydrogen (secondary N) is 1. The number of aryl methyl sites for hydroxylation is 1. The number of amides is 1. The average Bonchev–Trinajstić information content (AvgIpc) is 3.26. The van der Waals surface area contributed by atoms with Gasteiger partial charge in [0.05, 0.1) is 6.42 Å². The van der Waals surface area contributed by atoms with E-state index in [1.165, 1.54) is 17.3 Å². The zero-order chi connectivity index (χ0) is 19.6. The maximum absolute atomic E-state index is 12.7. The number of sulfonamides is 1. The summed E-state index contributed by atoms with van der Waals surface area (Å²) in [4.78, 5) is 23.4. The van der Waals surface area contributed by atoms with Crippen molar-refractivity contribution in [2.45, 2.75) is 31.1 Å². The van der Waals surface area contributed by atoms with Crippen LogP contribution in [0.25, 0.3) is 0 Å². The minimum atomic E-state index is -3.70. The molecule has 1 fully saturated rings. The fourth-order valence-electron chi connectivity index (χ4n) is 3.04. The fourth-order valence-corrected chi connectivity index (χ4v) is 4.72. The molecule has 1 aromatic carbocycles. The molecule has 9 heteroatoms. The van der Waals surface area contributed by atoms with Crippen molar-refractivity contribution in [1.29, 1.82) is 0 Å². The van der Waals surface area contributed by atoms with Crippen LogP contribution in [-0.4, -0.2) is 42.8 Å². The number of carboxylic acids is 1. The molecule has 27 heavy (non-hydrogen) atoms. The Bertz CT molecular complexity index is 973. The second kappa shape index (κ2) is 7.53. The van der Waals surface area contributed by atoms with E-state index in [4.69, 9.17) is 9.52 Å². The second-order valence-corrected chi connectivity index (χ2v) is 8.23. The van der Waals surface area contributed by atoms with E-state index in [-0.39, 0.29) is 22.8 Å². The standard InChI is InChI=1S/C18H20N2O6S/c1-12-16(27(24,25)20-8-4-5-9-20)11-15(26-12)18(23)19-14-7-3-2-6-13(14)10-17(21)22/h2-3,6-7,11H,4-5,8-10H2,1H3,(H,19,23)(H,21,22). The maximum Gasteiger partial charge on any atom is 0.307 e. The minimum absolute atomic E-state index is 0.0200. The van der Waals surface area contributed by atoms with Crippen molar-refractivity contribution in [3.8, 4) is 0 Å². The zero-order valence-electron chi connectivity index (χ0n) is 14.8. The van der Waals surface area contributed by atoms with E-state index in [2.05, 4.69) is 5.32 Å². The van der Waals surface area contributed by atoms with Crippen molar-refractivity contribution in [3.05, 3.63) is 47.4 Å². The van der Waals surface area contributed by atoms with E-state index < -0.39 is 21.9 Å². The van der Waals surface area contributed by atoms with Gasteiger partial charge in [0.15, 0.2) is 5.76 Å². The molecular formula is C18H20N2O6S. The number of hydrogen-bond acceptors (Lipinski definition) is 5. The van der Waals surface area contributed by atoms with Crippen molar-refractivity contribution in [3.63, 3.8) is 0 Å². The molecule has 2 N–H and O–H groups in total. The fraction of sp³-hybridized carbons (Fsp3) is 0.333. The van der Waals surface area contributed by atoms with Crippen LogP contribution in [0.1, 0.15) is 34.7 Å². The molecule has 2 heterocycles. The number of carboxylic acid groups (broad SMARTS) is 1. The Morgan fingerprint density at radius 1 is 1.22 bits per heavy atom. The lowest BCUT2D eigenvalue weighted by Gasteiger charge is -2.14. The van der Waals surface area contributed by atoms with Crippen molar-refractivity contribution in [2.75, 3.05) is 18.4 Å². The topological polar surface area (TPSA) is 117 Å². The van der Waals surface area contributed by atoms with Gasteiger partial charge >= 0.3 is 5.97 Å². The van der Waals surface area contributed by atoms with Crippen molar-refractivity contribution in [1.82, 2.24) is 4.31 Å². The number of carbonyl (C=O) groups is 2. The third-order valence-electron chi connectivity index (χ3n) is 4.39. The van der Waals surface area contributed by atoms with Crippen molar-refractivity contribution < 1.29 is 27.5 Å². The number of hydrogen-bond donors (Lipinski definition) is 2. The van der Waals surface area contributed by atoms with Crippen LogP contribution in [0.3, 0.4) is 0 Å². The minimum Gasteiger partial charge on any atom is -0.481 e. The van der Waals surface area contributed by atoms with Crippen LogP contribution >= 0.6 is 0 Å². The lowest BCUT2D eigenvalue weighted by molar-refractivity contribution is -0.136. The van der Waals surface area contributed by atoms with Crippen molar-refractivity contribution >= 4 is 27.6 Å². The molecule has 0 saturated carbocycles. The summed E-state index contributed by atoms with van der Waals surface area (Å²) in [5.41, 5.74) is 0.773. The summed E-state index contributed by atoms with van der Waals surface area (Å²) >= 11 is 0. The van der Waals surface area contributed by atoms with Crippen LogP contribution in [0, 0.1) is 6.92 Å². The first-order valence-electron chi connectivity index (χ1n) is 8.50. The van der Waals surface area contributed by atoms with E-state index in [0.29, 0.717) is 24.3 Å². The molecule has 3 rings (SSSR count). The number of para-hydroxylation sites is 1. The van der Waals surface area contributed by atoms with Crippen LogP contribution in [-0.2, 0) is 21.2 Å². The molecule has 1 aliphatic rings. The zero-order valence-corrected chi connectivity index (χ0v) is 15.6. The monoisotopic (exact) mass is 392 g/mol. The van der Waals surface area contributed by atoms with Crippen LogP contribution in [0.4, 0.5) is 5.69 Å². The number of furan rings is 1. The summed E-state index contributed by atoms with van der Waals surface area (Å²) in [6.07, 6.45) is 1.37. The van der Waals surface area contributed by atoms with Gasteiger partial charge in [-0.25, -0.2) is 8.42 Å². The lowest BCUT2D eigenvalue weighted by Crippen LogP contribution is -2.28. The molecule has 8 nitrogen and oxygen atoms in total. The van der Waals surface area contributed by atoms with Crippen LogP contribution in [0.15, 0.2) is 39.6 Å². The molecule has 0 bridgehead atoms. The van der Waals surface area contributed by atoms with Gasteiger partial charge in [-0.15, -0.1) is 0 Å². The van der Waals surface area contributed by atoms with Crippen molar-refractivity contribution in [2.24, 2.45) is 0 Å². The largest absolute Gasteiger partial charge is 0.481 e. The van der Waals surface area contributed by atoms with E-state index in [1.54, 1.807) is 24.3 Å². The third kappa shape index (κ3) is 4.04. The highest BCUT2D eigenvalue weighted by atomic mass is 32.2. The third-order valence-corrected chi connectivity index (χ3v) is 6.39. The summed E-state index contributed by atoms with van der Waals surface area (Å²) in [5, 5.41) is 11.6. The van der Waals surface area contributed by atoms with Gasteiger partial charge in [-0.05, 0) is 31.4 Å². The van der Waals surface area contributed by atoms with Gasteiger partial charge in [0, 0.05) is 24.8 Å². The molecule has 2 aromatic rings. The first-order valence-corrected chi connectivity index (χ1v) is 9.94. The molecule has 1 aliphatic heterocycles. The smallest absolute Gasteiger partial charge is 0.307 e. The number of benzene rings is 1. The highest BCUT2D eigenvalue weighted by Gasteiger charge is 2.31. The number of nitrogens with zero attached hydrogens (tertiary/aromatic N) is 1. The Kier molecular flexibility index (Phi) is 5.33. The van der Waals surface area contributed by atoms with E-state index in [1.807, 2.05) is 0 Å². The first kappa shape index (κ1) is 19.1. The van der Waals surface area contributed by atoms with Crippen LogP contribution < -0.4 is 5.32 Å². The Balaban J connectivity index is 1.84. The van der Waals surface area contributed by atoms with Crippen LogP contribution in [0.2, 0.25) is 0 Å². The molecule has 0 unspecified atom stereocenters. The van der Waals surface area contributed by atoms with Crippen LogP contribution in [0.5, 0.6) is 0 Å². The molecule has 0 atom stereocenters. The predicted octanol–water partition coefficient (Wildman–Crippen LogP) is 2.25. The highest BCUT2D eigenvalue weighted by Crippen LogP contribution is 2.27. The first-order chi connectivity index (χ1) is 12.8. The summed E-state index contributed by atoms with van der Waals surface area (Å²) in [5.74, 6) is -1.66. The molecule has 1 aromatic heterocycles. The van der Waals surface area contributed by atoms with E-state index in [9.17, 15) is 18.0 Å². The van der Waals surface area contributed by atoms with Gasteiger partial charge in [-0.1, -0.05) is 18.2 Å². The molecule has 0 spiro atoms. The summed E-state index contributed by atoms with van der Waals surface area (Å²) in [6, 6.07) is 7.73. The highest BCUT2D eigenvalue weighted by molar-refractivity contribution is 7.89. The normalized spacial score (nSPS) is 15.0. The van der Waals surface area contributed by atoms with E-state index in [0.717, 1.165) is 12.8 Å². The summed E-state index contributed by atoms with van der Waals surface area (Å²) in [7, 11) is -3.70. The number of anilines is 1. The molecule has 0 aliphatic carbocycles. The van der Waals surface area contributed by atoms with Gasteiger partial charge in [0.1, 0.15) is 10.7 Å². The average molecular weight is 392 g/mol. The number of carbonyl (C=O) groups excluding carboxylic acids is 1. The van der Waals surface area contributed by atoms with Gasteiger partial charge < -0.3 is 14.8 Å². The Morgan fingerprint density at radius 3 is 2.56 bits per heavy atom. The SMILES string of the molecule is Cc1oc(C(=O)Nc2ccccc2CC(=O)O)cc1S(=O)(=O)N1CCCC1. The quantitative estimate of drug-likeness (QED) is 0.779. The Morgan fingerprint density at radius 2 is 1.89 bits per heavy atom. The summed E-state index contributed by atoms with van der Waals surface area (Å²) < 4.78 is 32.2. The van der Waals surface area contributed by atoms with Gasteiger partial charge in [0.2, 0.25) is 10.0 Å². The number of rotatable bonds is 6. The molecule has 144 valence electrons. The maximum atomic E-state index is 12.7. The summed E-state index contributed by atoms with van der Waals surface area (Å²) in [6.45, 7) is 2.41. The molecule has 1 saturated heterocycles. The number of aliphatic carboxylic acids is 1. The van der Waals surface area contributed by atoms with E-state index >= 15 is 0 Å². The van der Waals surface area contributed by atoms with Gasteiger partial charge in [0.25, 0.3) is 5.91 Å². The predicted molar refractivity (Wildman–Crippen MR) is 97.2 cm³/mol. The lowest BCUT2D eigenvalue weighted by atomic mass is 10.1. The van der Waals surface area contributed by atoms with Gasteiger partial charge in [-0.3, -0.25) is 9.59 Å². The molecule has 1 amide bonds. The second-order valence-electron chi connectivity index (χ2n) is 6.32. The molecule has 0 radical (unpaired) electrons.